The molecule has 4 rings (SSSR count). The van der Waals surface area contributed by atoms with Crippen molar-refractivity contribution < 1.29 is 14.0 Å². The quantitative estimate of drug-likeness (QED) is 0.230. The number of thioether (sulfide) groups is 1. The summed E-state index contributed by atoms with van der Waals surface area (Å²) < 4.78 is 5.12. The Labute approximate surface area is 214 Å². The van der Waals surface area contributed by atoms with Gasteiger partial charge in [-0.3, -0.25) is 9.59 Å². The zero-order valence-electron chi connectivity index (χ0n) is 17.9. The highest BCUT2D eigenvalue weighted by Gasteiger charge is 2.20. The Morgan fingerprint density at radius 3 is 2.71 bits per heavy atom. The topological polar surface area (TPSA) is 84.2 Å². The van der Waals surface area contributed by atoms with Crippen LogP contribution in [-0.4, -0.2) is 22.0 Å². The lowest BCUT2D eigenvalue weighted by atomic mass is 10.2. The Morgan fingerprint density at radius 2 is 1.97 bits per heavy atom. The second kappa shape index (κ2) is 11.1. The SMILES string of the molecule is CCC(Sc1cccc(NC(=O)c2ccco2)c1)C(=O)Nc1nc(-c2ccc(Cl)cc2Cl)cs1. The number of carbonyl (C=O) groups is 2. The van der Waals surface area contributed by atoms with E-state index in [2.05, 4.69) is 15.6 Å². The summed E-state index contributed by atoms with van der Waals surface area (Å²) in [5.74, 6) is -0.260. The first-order chi connectivity index (χ1) is 16.4. The van der Waals surface area contributed by atoms with Crippen LogP contribution in [0.2, 0.25) is 10.0 Å². The lowest BCUT2D eigenvalue weighted by Crippen LogP contribution is -2.24. The number of hydrogen-bond acceptors (Lipinski definition) is 6. The van der Waals surface area contributed by atoms with Gasteiger partial charge in [0.15, 0.2) is 10.9 Å². The fraction of sp³-hybridized carbons (Fsp3) is 0.125. The van der Waals surface area contributed by atoms with E-state index in [1.807, 2.05) is 30.5 Å². The highest BCUT2D eigenvalue weighted by Crippen LogP contribution is 2.33. The molecule has 1 unspecified atom stereocenters. The van der Waals surface area contributed by atoms with Gasteiger partial charge in [0.05, 0.1) is 22.2 Å². The first-order valence-electron chi connectivity index (χ1n) is 10.3. The van der Waals surface area contributed by atoms with E-state index in [9.17, 15) is 9.59 Å². The van der Waals surface area contributed by atoms with Gasteiger partial charge in [-0.2, -0.15) is 0 Å². The van der Waals surface area contributed by atoms with E-state index in [0.29, 0.717) is 33.0 Å². The van der Waals surface area contributed by atoms with Crippen molar-refractivity contribution in [2.24, 2.45) is 0 Å². The minimum absolute atomic E-state index is 0.152. The van der Waals surface area contributed by atoms with E-state index in [1.54, 1.807) is 36.4 Å². The maximum atomic E-state index is 12.9. The molecule has 2 N–H and O–H groups in total. The average Bonchev–Trinajstić information content (AvgIpc) is 3.50. The molecular formula is C24H19Cl2N3O3S2. The summed E-state index contributed by atoms with van der Waals surface area (Å²) in [4.78, 5) is 30.5. The van der Waals surface area contributed by atoms with Crippen molar-refractivity contribution in [1.82, 2.24) is 4.98 Å². The number of carbonyl (C=O) groups excluding carboxylic acids is 2. The number of hydrogen-bond donors (Lipinski definition) is 2. The van der Waals surface area contributed by atoms with Crippen molar-refractivity contribution >= 4 is 68.9 Å². The van der Waals surface area contributed by atoms with Crippen LogP contribution in [0.3, 0.4) is 0 Å². The van der Waals surface area contributed by atoms with Crippen LogP contribution in [0.25, 0.3) is 11.3 Å². The standard InChI is InChI=1S/C24H19Cl2N3O3S2/c1-2-21(34-16-6-3-5-15(12-16)27-22(30)20-7-4-10-32-20)23(31)29-24-28-19(13-33-24)17-9-8-14(25)11-18(17)26/h3-13,21H,2H2,1H3,(H,27,30)(H,28,29,31). The van der Waals surface area contributed by atoms with Crippen LogP contribution < -0.4 is 10.6 Å². The molecular weight excluding hydrogens is 513 g/mol. The third kappa shape index (κ3) is 6.01. The van der Waals surface area contributed by atoms with Crippen molar-refractivity contribution in [2.45, 2.75) is 23.5 Å². The number of furan rings is 1. The highest BCUT2D eigenvalue weighted by atomic mass is 35.5. The van der Waals surface area contributed by atoms with Gasteiger partial charge in [-0.15, -0.1) is 23.1 Å². The van der Waals surface area contributed by atoms with E-state index >= 15 is 0 Å². The summed E-state index contributed by atoms with van der Waals surface area (Å²) in [5, 5.41) is 8.72. The molecule has 2 heterocycles. The molecule has 2 aromatic carbocycles. The van der Waals surface area contributed by atoms with Gasteiger partial charge in [-0.25, -0.2) is 4.98 Å². The molecule has 0 saturated heterocycles. The number of amides is 2. The number of rotatable bonds is 8. The van der Waals surface area contributed by atoms with Crippen LogP contribution in [0.1, 0.15) is 23.9 Å². The first-order valence-corrected chi connectivity index (χ1v) is 12.8. The lowest BCUT2D eigenvalue weighted by molar-refractivity contribution is -0.115. The van der Waals surface area contributed by atoms with Gasteiger partial charge < -0.3 is 15.1 Å². The Bertz CT molecular complexity index is 1310. The van der Waals surface area contributed by atoms with E-state index in [1.165, 1.54) is 29.4 Å². The van der Waals surface area contributed by atoms with Gasteiger partial charge in [-0.05, 0) is 55.0 Å². The third-order valence-corrected chi connectivity index (χ3v) is 7.38. The normalized spacial score (nSPS) is 11.7. The molecule has 0 saturated carbocycles. The fourth-order valence-corrected chi connectivity index (χ4v) is 5.30. The second-order valence-electron chi connectivity index (χ2n) is 7.13. The molecule has 6 nitrogen and oxygen atoms in total. The zero-order chi connectivity index (χ0) is 24.1. The molecule has 4 aromatic rings. The van der Waals surface area contributed by atoms with Crippen LogP contribution in [0.5, 0.6) is 0 Å². The van der Waals surface area contributed by atoms with Crippen molar-refractivity contribution in [2.75, 3.05) is 10.6 Å². The molecule has 0 aliphatic heterocycles. The molecule has 2 aromatic heterocycles. The first kappa shape index (κ1) is 24.3. The molecule has 10 heteroatoms. The smallest absolute Gasteiger partial charge is 0.291 e. The highest BCUT2D eigenvalue weighted by molar-refractivity contribution is 8.00. The van der Waals surface area contributed by atoms with Crippen molar-refractivity contribution in [3.63, 3.8) is 0 Å². The molecule has 0 fully saturated rings. The molecule has 0 aliphatic carbocycles. The number of nitrogens with zero attached hydrogens (tertiary/aromatic N) is 1. The van der Waals surface area contributed by atoms with Crippen LogP contribution in [0, 0.1) is 0 Å². The Morgan fingerprint density at radius 1 is 1.12 bits per heavy atom. The van der Waals surface area contributed by atoms with E-state index in [0.717, 1.165) is 10.5 Å². The average molecular weight is 532 g/mol. The number of nitrogens with one attached hydrogen (secondary N) is 2. The molecule has 0 radical (unpaired) electrons. The Kier molecular flexibility index (Phi) is 7.95. The molecule has 1 atom stereocenters. The van der Waals surface area contributed by atoms with E-state index in [4.69, 9.17) is 27.6 Å². The molecule has 174 valence electrons. The number of thiazole rings is 1. The number of aromatic nitrogens is 1. The van der Waals surface area contributed by atoms with Crippen molar-refractivity contribution in [3.05, 3.63) is 82.0 Å². The lowest BCUT2D eigenvalue weighted by Gasteiger charge is -2.14. The monoisotopic (exact) mass is 531 g/mol. The van der Waals surface area contributed by atoms with Gasteiger partial charge in [-0.1, -0.05) is 36.2 Å². The number of anilines is 2. The third-order valence-electron chi connectivity index (χ3n) is 4.72. The van der Waals surface area contributed by atoms with E-state index in [-0.39, 0.29) is 22.8 Å². The molecule has 0 aliphatic rings. The Hall–Kier alpha value is -2.78. The molecule has 0 bridgehead atoms. The Balaban J connectivity index is 1.41. The summed E-state index contributed by atoms with van der Waals surface area (Å²) in [6.07, 6.45) is 2.06. The minimum atomic E-state index is -0.345. The second-order valence-corrected chi connectivity index (χ2v) is 10.1. The van der Waals surface area contributed by atoms with Crippen molar-refractivity contribution in [1.29, 1.82) is 0 Å². The van der Waals surface area contributed by atoms with Gasteiger partial charge in [0.1, 0.15) is 0 Å². The molecule has 0 spiro atoms. The maximum Gasteiger partial charge on any atom is 0.291 e. The predicted octanol–water partition coefficient (Wildman–Crippen LogP) is 7.47. The van der Waals surface area contributed by atoms with Crippen LogP contribution in [-0.2, 0) is 4.79 Å². The number of halogens is 2. The predicted molar refractivity (Wildman–Crippen MR) is 139 cm³/mol. The van der Waals surface area contributed by atoms with Crippen LogP contribution >= 0.6 is 46.3 Å². The summed E-state index contributed by atoms with van der Waals surface area (Å²) in [5.41, 5.74) is 2.03. The fourth-order valence-electron chi connectivity index (χ4n) is 3.07. The molecule has 34 heavy (non-hydrogen) atoms. The summed E-state index contributed by atoms with van der Waals surface area (Å²) >= 11 is 15.0. The van der Waals surface area contributed by atoms with Gasteiger partial charge in [0, 0.05) is 26.5 Å². The molecule has 2 amide bonds. The van der Waals surface area contributed by atoms with Crippen LogP contribution in [0.4, 0.5) is 10.8 Å². The summed E-state index contributed by atoms with van der Waals surface area (Å²) in [6.45, 7) is 1.94. The number of benzene rings is 2. The zero-order valence-corrected chi connectivity index (χ0v) is 21.0. The van der Waals surface area contributed by atoms with Gasteiger partial charge >= 0.3 is 0 Å². The van der Waals surface area contributed by atoms with Gasteiger partial charge in [0.25, 0.3) is 5.91 Å². The van der Waals surface area contributed by atoms with E-state index < -0.39 is 0 Å². The summed E-state index contributed by atoms with van der Waals surface area (Å²) in [6, 6.07) is 15.8. The minimum Gasteiger partial charge on any atom is -0.459 e. The van der Waals surface area contributed by atoms with Crippen molar-refractivity contribution in [3.8, 4) is 11.3 Å². The van der Waals surface area contributed by atoms with Gasteiger partial charge in [0.2, 0.25) is 5.91 Å². The summed E-state index contributed by atoms with van der Waals surface area (Å²) in [7, 11) is 0. The maximum absolute atomic E-state index is 12.9. The van der Waals surface area contributed by atoms with Crippen LogP contribution in [0.15, 0.2) is 75.6 Å². The largest absolute Gasteiger partial charge is 0.459 e.